The number of benzene rings is 1. The van der Waals surface area contributed by atoms with Gasteiger partial charge in [-0.15, -0.1) is 0 Å². The molecular formula is C16H20O4. The summed E-state index contributed by atoms with van der Waals surface area (Å²) in [5, 5.41) is 0. The van der Waals surface area contributed by atoms with Gasteiger partial charge in [-0.2, -0.15) is 0 Å². The molecule has 0 N–H and O–H groups in total. The Bertz CT molecular complexity index is 500. The van der Waals surface area contributed by atoms with Crippen molar-refractivity contribution in [2.45, 2.75) is 50.7 Å². The summed E-state index contributed by atoms with van der Waals surface area (Å²) in [5.41, 5.74) is 1.02. The van der Waals surface area contributed by atoms with E-state index in [1.165, 1.54) is 5.56 Å². The largest absolute Gasteiger partial charge is 0.374 e. The van der Waals surface area contributed by atoms with Crippen LogP contribution < -0.4 is 0 Å². The van der Waals surface area contributed by atoms with Gasteiger partial charge in [-0.05, 0) is 25.8 Å². The lowest BCUT2D eigenvalue weighted by molar-refractivity contribution is -0.216. The van der Waals surface area contributed by atoms with E-state index in [1.807, 2.05) is 32.0 Å². The lowest BCUT2D eigenvalue weighted by Crippen LogP contribution is -2.28. The van der Waals surface area contributed by atoms with E-state index in [-0.39, 0.29) is 18.0 Å². The highest BCUT2D eigenvalue weighted by atomic mass is 16.8. The predicted octanol–water partition coefficient (Wildman–Crippen LogP) is 2.47. The minimum atomic E-state index is -0.519. The van der Waals surface area contributed by atoms with Crippen LogP contribution in [-0.4, -0.2) is 30.4 Å². The molecule has 0 spiro atoms. The molecule has 1 saturated carbocycles. The second kappa shape index (κ2) is 4.28. The van der Waals surface area contributed by atoms with Crippen LogP contribution in [0.5, 0.6) is 0 Å². The fourth-order valence-electron chi connectivity index (χ4n) is 3.33. The summed E-state index contributed by atoms with van der Waals surface area (Å²) in [7, 11) is 0. The van der Waals surface area contributed by atoms with E-state index in [0.717, 1.165) is 6.42 Å². The number of hydrogen-bond acceptors (Lipinski definition) is 4. The molecule has 1 aromatic rings. The third-order valence-electron chi connectivity index (χ3n) is 4.37. The van der Waals surface area contributed by atoms with Crippen molar-refractivity contribution < 1.29 is 18.9 Å². The summed E-state index contributed by atoms with van der Waals surface area (Å²) in [6, 6.07) is 10.2. The molecule has 0 bridgehead atoms. The quantitative estimate of drug-likeness (QED) is 0.846. The van der Waals surface area contributed by atoms with E-state index in [1.54, 1.807) is 0 Å². The van der Waals surface area contributed by atoms with Gasteiger partial charge in [0.25, 0.3) is 0 Å². The zero-order valence-electron chi connectivity index (χ0n) is 11.9. The average molecular weight is 276 g/mol. The molecule has 3 unspecified atom stereocenters. The zero-order chi connectivity index (χ0) is 13.8. The highest BCUT2D eigenvalue weighted by Crippen LogP contribution is 2.60. The number of hydrogen-bond donors (Lipinski definition) is 0. The molecule has 4 rings (SSSR count). The van der Waals surface area contributed by atoms with Crippen molar-refractivity contribution in [2.75, 3.05) is 6.61 Å². The number of fused-ring (bicyclic) bond motifs is 3. The van der Waals surface area contributed by atoms with Crippen LogP contribution in [0, 0.1) is 5.92 Å². The molecule has 0 amide bonds. The average Bonchev–Trinajstić information content (AvgIpc) is 2.91. The van der Waals surface area contributed by atoms with E-state index in [2.05, 4.69) is 12.1 Å². The normalized spacial score (nSPS) is 40.4. The van der Waals surface area contributed by atoms with Gasteiger partial charge >= 0.3 is 0 Å². The Kier molecular flexibility index (Phi) is 2.73. The molecule has 0 radical (unpaired) electrons. The smallest absolute Gasteiger partial charge is 0.188 e. The first-order chi connectivity index (χ1) is 9.58. The number of ether oxygens (including phenoxy) is 4. The molecule has 1 aromatic carbocycles. The Labute approximate surface area is 119 Å². The SMILES string of the molecule is CC1(C)OC2C3CC3(COCc3ccccc3)O[C@H]2O1. The fraction of sp³-hybridized carbons (Fsp3) is 0.625. The number of rotatable bonds is 4. The summed E-state index contributed by atoms with van der Waals surface area (Å²) in [6.45, 7) is 5.11. The Morgan fingerprint density at radius 3 is 2.70 bits per heavy atom. The lowest BCUT2D eigenvalue weighted by Gasteiger charge is -2.21. The molecule has 108 valence electrons. The summed E-state index contributed by atoms with van der Waals surface area (Å²) in [6.07, 6.45) is 0.872. The molecule has 3 fully saturated rings. The monoisotopic (exact) mass is 276 g/mol. The summed E-state index contributed by atoms with van der Waals surface area (Å²) >= 11 is 0. The molecule has 0 aromatic heterocycles. The van der Waals surface area contributed by atoms with Gasteiger partial charge in [0.1, 0.15) is 11.7 Å². The first kappa shape index (κ1) is 12.8. The van der Waals surface area contributed by atoms with Crippen molar-refractivity contribution >= 4 is 0 Å². The molecule has 4 atom stereocenters. The highest BCUT2D eigenvalue weighted by Gasteiger charge is 2.71. The third kappa shape index (κ3) is 2.07. The van der Waals surface area contributed by atoms with Crippen molar-refractivity contribution in [3.05, 3.63) is 35.9 Å². The van der Waals surface area contributed by atoms with Gasteiger partial charge < -0.3 is 18.9 Å². The van der Waals surface area contributed by atoms with Crippen molar-refractivity contribution in [1.82, 2.24) is 0 Å². The van der Waals surface area contributed by atoms with Crippen molar-refractivity contribution in [2.24, 2.45) is 5.92 Å². The minimum Gasteiger partial charge on any atom is -0.374 e. The second-order valence-corrected chi connectivity index (χ2v) is 6.44. The standard InChI is InChI=1S/C16H20O4/c1-15(2)18-13-12-8-16(12,20-14(13)19-15)10-17-9-11-6-4-3-5-7-11/h3-7,12-14H,8-10H2,1-2H3/t12?,13?,14-,16?/m1/s1. The van der Waals surface area contributed by atoms with Gasteiger partial charge in [0, 0.05) is 5.92 Å². The fourth-order valence-corrected chi connectivity index (χ4v) is 3.33. The zero-order valence-corrected chi connectivity index (χ0v) is 11.9. The third-order valence-corrected chi connectivity index (χ3v) is 4.37. The van der Waals surface area contributed by atoms with E-state index >= 15 is 0 Å². The Balaban J connectivity index is 1.32. The van der Waals surface area contributed by atoms with Crippen LogP contribution in [0.2, 0.25) is 0 Å². The van der Waals surface area contributed by atoms with E-state index < -0.39 is 5.79 Å². The maximum absolute atomic E-state index is 6.05. The summed E-state index contributed by atoms with van der Waals surface area (Å²) < 4.78 is 23.6. The van der Waals surface area contributed by atoms with Gasteiger partial charge in [0.15, 0.2) is 12.1 Å². The van der Waals surface area contributed by atoms with Gasteiger partial charge in [0.05, 0.1) is 13.2 Å². The molecule has 4 nitrogen and oxygen atoms in total. The van der Waals surface area contributed by atoms with Crippen LogP contribution in [0.1, 0.15) is 25.8 Å². The maximum atomic E-state index is 6.05. The Morgan fingerprint density at radius 1 is 1.15 bits per heavy atom. The first-order valence-electron chi connectivity index (χ1n) is 7.23. The Hall–Kier alpha value is -0.940. The molecule has 2 heterocycles. The Morgan fingerprint density at radius 2 is 1.95 bits per heavy atom. The lowest BCUT2D eigenvalue weighted by atomic mass is 10.2. The molecule has 3 aliphatic rings. The summed E-state index contributed by atoms with van der Waals surface area (Å²) in [4.78, 5) is 0. The van der Waals surface area contributed by atoms with Crippen molar-refractivity contribution in [1.29, 1.82) is 0 Å². The van der Waals surface area contributed by atoms with Crippen molar-refractivity contribution in [3.63, 3.8) is 0 Å². The van der Waals surface area contributed by atoms with Gasteiger partial charge in [-0.3, -0.25) is 0 Å². The van der Waals surface area contributed by atoms with Gasteiger partial charge in [-0.25, -0.2) is 0 Å². The topological polar surface area (TPSA) is 36.9 Å². The van der Waals surface area contributed by atoms with Crippen LogP contribution >= 0.6 is 0 Å². The van der Waals surface area contributed by atoms with Gasteiger partial charge in [0.2, 0.25) is 0 Å². The highest BCUT2D eigenvalue weighted by molar-refractivity contribution is 5.17. The molecule has 2 saturated heterocycles. The van der Waals surface area contributed by atoms with Crippen LogP contribution in [0.15, 0.2) is 30.3 Å². The van der Waals surface area contributed by atoms with Crippen LogP contribution in [-0.2, 0) is 25.6 Å². The minimum absolute atomic E-state index is 0.0744. The van der Waals surface area contributed by atoms with Crippen molar-refractivity contribution in [3.8, 4) is 0 Å². The predicted molar refractivity (Wildman–Crippen MR) is 71.8 cm³/mol. The first-order valence-corrected chi connectivity index (χ1v) is 7.23. The van der Waals surface area contributed by atoms with E-state index in [4.69, 9.17) is 18.9 Å². The van der Waals surface area contributed by atoms with E-state index in [9.17, 15) is 0 Å². The maximum Gasteiger partial charge on any atom is 0.188 e. The summed E-state index contributed by atoms with van der Waals surface area (Å²) in [5.74, 6) is -0.0975. The van der Waals surface area contributed by atoms with E-state index in [0.29, 0.717) is 19.1 Å². The van der Waals surface area contributed by atoms with Crippen LogP contribution in [0.4, 0.5) is 0 Å². The van der Waals surface area contributed by atoms with Crippen LogP contribution in [0.3, 0.4) is 0 Å². The molecule has 4 heteroatoms. The molecule has 1 aliphatic carbocycles. The molecule has 20 heavy (non-hydrogen) atoms. The molecular weight excluding hydrogens is 256 g/mol. The van der Waals surface area contributed by atoms with Crippen LogP contribution in [0.25, 0.3) is 0 Å². The van der Waals surface area contributed by atoms with Gasteiger partial charge in [-0.1, -0.05) is 30.3 Å². The molecule has 2 aliphatic heterocycles. The second-order valence-electron chi connectivity index (χ2n) is 6.44.